The number of aryl methyl sites for hydroxylation is 3. The molecule has 22 nitrogen and oxygen atoms in total. The molecule has 0 bridgehead atoms. The Labute approximate surface area is 568 Å². The first kappa shape index (κ1) is 65.9. The van der Waals surface area contributed by atoms with E-state index in [1.54, 1.807) is 40.4 Å². The number of piperidine rings is 3. The molecule has 496 valence electrons. The lowest BCUT2D eigenvalue weighted by molar-refractivity contribution is 0.0552. The zero-order chi connectivity index (χ0) is 68.2. The number of nitrogens with one attached hydrogen (secondary N) is 3. The van der Waals surface area contributed by atoms with Crippen LogP contribution in [0.15, 0.2) is 80.0 Å². The van der Waals surface area contributed by atoms with Crippen LogP contribution in [0.25, 0.3) is 81.9 Å². The average molecular weight is 1350 g/mol. The van der Waals surface area contributed by atoms with Crippen LogP contribution in [0.4, 0.5) is 9.52 Å². The van der Waals surface area contributed by atoms with Crippen LogP contribution in [0.3, 0.4) is 0 Å². The van der Waals surface area contributed by atoms with Gasteiger partial charge in [0, 0.05) is 126 Å². The molecule has 3 aliphatic heterocycles. The Bertz CT molecular complexity index is 5030. The van der Waals surface area contributed by atoms with E-state index in [4.69, 9.17) is 19.4 Å². The molecule has 3 fully saturated rings. The van der Waals surface area contributed by atoms with E-state index in [-0.39, 0.29) is 45.4 Å². The highest BCUT2D eigenvalue weighted by Crippen LogP contribution is 2.40. The van der Waals surface area contributed by atoms with Crippen molar-refractivity contribution >= 4 is 87.3 Å². The number of aromatic nitrogens is 14. The number of imidazole rings is 3. The van der Waals surface area contributed by atoms with Gasteiger partial charge in [-0.05, 0) is 141 Å². The summed E-state index contributed by atoms with van der Waals surface area (Å²) in [4.78, 5) is 53.8. The fourth-order valence-corrected chi connectivity index (χ4v) is 17.4. The molecule has 15 heterocycles. The van der Waals surface area contributed by atoms with Gasteiger partial charge in [0.1, 0.15) is 29.9 Å². The molecule has 0 aliphatic carbocycles. The van der Waals surface area contributed by atoms with Gasteiger partial charge >= 0.3 is 0 Å². The minimum atomic E-state index is -0.392. The number of ether oxygens (including phenoxy) is 2. The lowest BCUT2D eigenvalue weighted by Gasteiger charge is -2.48. The molecular weight excluding hydrogens is 1270 g/mol. The predicted octanol–water partition coefficient (Wildman–Crippen LogP) is 13.7. The van der Waals surface area contributed by atoms with Crippen LogP contribution in [0.2, 0.25) is 0 Å². The van der Waals surface area contributed by atoms with Crippen molar-refractivity contribution in [2.45, 2.75) is 194 Å². The second-order valence-corrected chi connectivity index (χ2v) is 32.7. The number of nitriles is 2. The van der Waals surface area contributed by atoms with Gasteiger partial charge in [0.2, 0.25) is 0 Å². The summed E-state index contributed by atoms with van der Waals surface area (Å²) in [5.41, 5.74) is 11.7. The molecule has 0 amide bonds. The molecule has 15 rings (SSSR count). The molecule has 26 heteroatoms. The Kier molecular flexibility index (Phi) is 16.7. The summed E-state index contributed by atoms with van der Waals surface area (Å²) in [6, 6.07) is 12.1. The van der Waals surface area contributed by atoms with Crippen molar-refractivity contribution in [2.24, 2.45) is 0 Å². The van der Waals surface area contributed by atoms with Gasteiger partial charge in [0.05, 0.1) is 68.6 Å². The zero-order valence-electron chi connectivity index (χ0n) is 57.0. The van der Waals surface area contributed by atoms with Crippen molar-refractivity contribution in [1.29, 1.82) is 10.5 Å². The van der Waals surface area contributed by atoms with Crippen LogP contribution in [0, 0.1) is 49.3 Å². The lowest BCUT2D eigenvalue weighted by Crippen LogP contribution is -2.61. The van der Waals surface area contributed by atoms with Crippen LogP contribution < -0.4 is 30.3 Å². The first-order valence-corrected chi connectivity index (χ1v) is 34.6. The average Bonchev–Trinajstić information content (AvgIpc) is 1.64. The molecule has 3 N–H and O–H groups in total. The van der Waals surface area contributed by atoms with E-state index < -0.39 is 5.82 Å². The topological polar surface area (TPSA) is 260 Å². The van der Waals surface area contributed by atoms with E-state index in [1.807, 2.05) is 72.8 Å². The largest absolute Gasteiger partial charge is 0.466 e. The van der Waals surface area contributed by atoms with Crippen LogP contribution in [0.5, 0.6) is 10.4 Å². The van der Waals surface area contributed by atoms with Gasteiger partial charge in [-0.1, -0.05) is 34.0 Å². The zero-order valence-corrected chi connectivity index (χ0v) is 59.5. The van der Waals surface area contributed by atoms with Crippen molar-refractivity contribution in [3.8, 4) is 56.3 Å². The van der Waals surface area contributed by atoms with Crippen LogP contribution in [-0.4, -0.2) is 127 Å². The minimum absolute atomic E-state index is 0.00443. The third kappa shape index (κ3) is 14.2. The summed E-state index contributed by atoms with van der Waals surface area (Å²) in [6.07, 6.45) is 22.3. The van der Waals surface area contributed by atoms with Gasteiger partial charge < -0.3 is 43.5 Å². The molecule has 3 aliphatic rings. The summed E-state index contributed by atoms with van der Waals surface area (Å²) in [5, 5.41) is 32.4. The minimum Gasteiger partial charge on any atom is -0.466 e. The Morgan fingerprint density at radius 2 is 0.896 bits per heavy atom. The molecule has 12 aromatic heterocycles. The summed E-state index contributed by atoms with van der Waals surface area (Å²) in [5.74, 6) is -0.392. The molecular formula is C70H79FN20O2S3. The number of nitrogens with zero attached hydrogens (tertiary/aromatic N) is 17. The van der Waals surface area contributed by atoms with Crippen molar-refractivity contribution < 1.29 is 13.9 Å². The quantitative estimate of drug-likeness (QED) is 0.121. The lowest BCUT2D eigenvalue weighted by atomic mass is 9.79. The van der Waals surface area contributed by atoms with E-state index in [0.29, 0.717) is 82.4 Å². The monoisotopic (exact) mass is 1350 g/mol. The van der Waals surface area contributed by atoms with Crippen LogP contribution >= 0.6 is 34.0 Å². The predicted molar refractivity (Wildman–Crippen MR) is 377 cm³/mol. The van der Waals surface area contributed by atoms with Gasteiger partial charge in [-0.25, -0.2) is 44.3 Å². The number of fused-ring (bicyclic) bond motifs is 6. The normalized spacial score (nSPS) is 18.2. The molecule has 0 spiro atoms. The van der Waals surface area contributed by atoms with Gasteiger partial charge in [-0.3, -0.25) is 4.98 Å². The SMILES string of the molecule is Cc1cn2cc(-c3cc4sc(N(C)C5CC(C)(C)NC(C)(C)C5)nc4cn3)cc(C#N)c2n1.Cc1cn2cc(-c3cnc4nc(OC5CC(C)(C)NC(C)(C)C5)sc4n3)cc(C#N)c2n1.Cc1cn2cc(-c3cnc4nc(OC5CC(C)(C)NC(C)(C)C5)sc4n3)cc(F)c2n1. The maximum atomic E-state index is 14.5. The first-order chi connectivity index (χ1) is 45.2. The van der Waals surface area contributed by atoms with Gasteiger partial charge in [-0.2, -0.15) is 20.5 Å². The smallest absolute Gasteiger partial charge is 0.277 e. The fraction of sp³-hybridized carbons (Fsp3) is 0.443. The van der Waals surface area contributed by atoms with Crippen LogP contribution in [-0.2, 0) is 0 Å². The van der Waals surface area contributed by atoms with Crippen molar-refractivity contribution in [1.82, 2.24) is 84.0 Å². The third-order valence-corrected chi connectivity index (χ3v) is 20.2. The van der Waals surface area contributed by atoms with Crippen molar-refractivity contribution in [3.63, 3.8) is 0 Å². The highest BCUT2D eigenvalue weighted by atomic mass is 32.1. The van der Waals surface area contributed by atoms with Crippen molar-refractivity contribution in [3.05, 3.63) is 114 Å². The molecule has 0 aromatic carbocycles. The maximum absolute atomic E-state index is 14.5. The number of thiazole rings is 3. The number of anilines is 1. The fourth-order valence-electron chi connectivity index (χ4n) is 14.7. The Morgan fingerprint density at radius 1 is 0.490 bits per heavy atom. The highest BCUT2D eigenvalue weighted by molar-refractivity contribution is 7.22. The van der Waals surface area contributed by atoms with E-state index in [9.17, 15) is 14.9 Å². The van der Waals surface area contributed by atoms with Gasteiger partial charge in [0.15, 0.2) is 48.8 Å². The number of halogens is 1. The maximum Gasteiger partial charge on any atom is 0.277 e. The third-order valence-electron chi connectivity index (χ3n) is 17.4. The summed E-state index contributed by atoms with van der Waals surface area (Å²) >= 11 is 4.47. The summed E-state index contributed by atoms with van der Waals surface area (Å²) in [7, 11) is 2.16. The van der Waals surface area contributed by atoms with E-state index >= 15 is 0 Å². The second kappa shape index (κ2) is 24.4. The Morgan fingerprint density at radius 3 is 1.34 bits per heavy atom. The molecule has 0 atom stereocenters. The second-order valence-electron chi connectivity index (χ2n) is 29.8. The van der Waals surface area contributed by atoms with Gasteiger partial charge in [0.25, 0.3) is 10.4 Å². The number of rotatable bonds is 9. The molecule has 3 saturated heterocycles. The number of hydrogen-bond donors (Lipinski definition) is 3. The van der Waals surface area contributed by atoms with Crippen LogP contribution in [0.1, 0.15) is 150 Å². The van der Waals surface area contributed by atoms with Crippen molar-refractivity contribution in [2.75, 3.05) is 11.9 Å². The van der Waals surface area contributed by atoms with Gasteiger partial charge in [-0.15, -0.1) is 0 Å². The molecule has 0 radical (unpaired) electrons. The van der Waals surface area contributed by atoms with E-state index in [2.05, 4.69) is 174 Å². The first-order valence-electron chi connectivity index (χ1n) is 32.1. The molecule has 0 unspecified atom stereocenters. The standard InChI is InChI=1S/C25H29N7S.C23H25N7OS.C22H25FN6OS/c1-15-13-32-14-17(7-16(11-26)22(32)28-15)19-8-21-20(12-27-19)29-23(33-21)31(6)18-9-24(2,3)30-25(4,5)10-18;1-13-11-30-12-15(6-14(9-24)19(30)26-13)17-10-25-18-20(27-17)32-21(28-18)31-16-7-22(2,3)29-23(4,5)8-16;1-12-10-29-11-13(6-15(23)18(29)25-12)16-9-24-17-19(26-16)31-20(27-17)30-14-7-21(2,3)28-22(4,5)8-14/h7-8,12-14,18,30H,9-10H2,1-6H3;6,10-12,16,29H,7-8H2,1-5H3;6,9-11,14,28H,7-8H2,1-5H3. The van der Waals surface area contributed by atoms with E-state index in [0.717, 1.165) is 87.8 Å². The Hall–Kier alpha value is -8.76. The summed E-state index contributed by atoms with van der Waals surface area (Å²) < 4.78 is 33.5. The Balaban J connectivity index is 0.000000130. The number of hydrogen-bond acceptors (Lipinski definition) is 22. The molecule has 0 saturated carbocycles. The molecule has 96 heavy (non-hydrogen) atoms. The highest BCUT2D eigenvalue weighted by Gasteiger charge is 2.42. The summed E-state index contributed by atoms with van der Waals surface area (Å²) in [6.45, 7) is 32.3. The molecule has 12 aromatic rings. The van der Waals surface area contributed by atoms with E-state index in [1.165, 1.54) is 28.7 Å². The number of pyridine rings is 4.